The molecule has 0 saturated carbocycles. The highest BCUT2D eigenvalue weighted by molar-refractivity contribution is 7.99. The minimum atomic E-state index is -4.38. The predicted molar refractivity (Wildman–Crippen MR) is 89.6 cm³/mol. The zero-order valence-electron chi connectivity index (χ0n) is 13.1. The van der Waals surface area contributed by atoms with Crippen LogP contribution in [0.3, 0.4) is 0 Å². The summed E-state index contributed by atoms with van der Waals surface area (Å²) in [5, 5.41) is 13.2. The van der Waals surface area contributed by atoms with E-state index in [0.717, 1.165) is 29.5 Å². The van der Waals surface area contributed by atoms with E-state index >= 15 is 0 Å². The zero-order chi connectivity index (χ0) is 18.1. The smallest absolute Gasteiger partial charge is 0.265 e. The van der Waals surface area contributed by atoms with Gasteiger partial charge in [0.1, 0.15) is 5.03 Å². The number of nitrogens with zero attached hydrogens (tertiary/aromatic N) is 5. The lowest BCUT2D eigenvalue weighted by molar-refractivity contribution is -0.137. The fourth-order valence-electron chi connectivity index (χ4n) is 2.36. The summed E-state index contributed by atoms with van der Waals surface area (Å²) in [4.78, 5) is 4.41. The van der Waals surface area contributed by atoms with Crippen molar-refractivity contribution >= 4 is 17.4 Å². The molecule has 0 aliphatic carbocycles. The standard InChI is InChI=1S/C17H10F3N5S/c18-17(19,20)12-2-1-3-13(10-12)26-15-5-4-14-22-23-16(25(14)24-15)11-6-8-21-9-7-11/h1-10H. The Hall–Kier alpha value is -2.94. The molecule has 0 aliphatic rings. The fourth-order valence-corrected chi connectivity index (χ4v) is 3.20. The second-order valence-electron chi connectivity index (χ2n) is 5.33. The molecule has 0 N–H and O–H groups in total. The summed E-state index contributed by atoms with van der Waals surface area (Å²) in [6.45, 7) is 0. The minimum absolute atomic E-state index is 0.449. The van der Waals surface area contributed by atoms with Gasteiger partial charge in [-0.05, 0) is 42.5 Å². The molecule has 0 amide bonds. The third-order valence-corrected chi connectivity index (χ3v) is 4.48. The summed E-state index contributed by atoms with van der Waals surface area (Å²) in [6.07, 6.45) is -1.11. The molecule has 9 heteroatoms. The number of benzene rings is 1. The van der Waals surface area contributed by atoms with Crippen molar-refractivity contribution in [3.63, 3.8) is 0 Å². The van der Waals surface area contributed by atoms with Crippen LogP contribution >= 0.6 is 11.8 Å². The van der Waals surface area contributed by atoms with Crippen LogP contribution in [0.5, 0.6) is 0 Å². The number of halogens is 3. The molecule has 0 radical (unpaired) electrons. The van der Waals surface area contributed by atoms with Crippen LogP contribution < -0.4 is 0 Å². The molecule has 0 fully saturated rings. The van der Waals surface area contributed by atoms with Crippen LogP contribution in [-0.4, -0.2) is 24.8 Å². The number of alkyl halides is 3. The van der Waals surface area contributed by atoms with Crippen molar-refractivity contribution in [2.24, 2.45) is 0 Å². The number of hydrogen-bond donors (Lipinski definition) is 0. The molecule has 1 aromatic carbocycles. The van der Waals surface area contributed by atoms with E-state index in [1.807, 2.05) is 0 Å². The van der Waals surface area contributed by atoms with E-state index in [2.05, 4.69) is 20.3 Å². The SMILES string of the molecule is FC(F)(F)c1cccc(Sc2ccc3nnc(-c4ccncc4)n3n2)c1. The highest BCUT2D eigenvalue weighted by Gasteiger charge is 2.30. The Labute approximate surface area is 149 Å². The molecule has 3 aromatic heterocycles. The van der Waals surface area contributed by atoms with Gasteiger partial charge in [0, 0.05) is 22.9 Å². The summed E-state index contributed by atoms with van der Waals surface area (Å²) >= 11 is 1.14. The summed E-state index contributed by atoms with van der Waals surface area (Å²) in [5.41, 5.74) is 0.650. The van der Waals surface area contributed by atoms with Gasteiger partial charge in [-0.2, -0.15) is 22.8 Å². The van der Waals surface area contributed by atoms with Crippen molar-refractivity contribution in [3.8, 4) is 11.4 Å². The molecular formula is C17H10F3N5S. The van der Waals surface area contributed by atoms with E-state index in [1.165, 1.54) is 6.07 Å². The first-order valence-electron chi connectivity index (χ1n) is 7.49. The third-order valence-electron chi connectivity index (χ3n) is 3.56. The number of fused-ring (bicyclic) bond motifs is 1. The monoisotopic (exact) mass is 373 g/mol. The number of hydrogen-bond acceptors (Lipinski definition) is 5. The second kappa shape index (κ2) is 6.41. The van der Waals surface area contributed by atoms with E-state index in [-0.39, 0.29) is 0 Å². The molecule has 0 atom stereocenters. The lowest BCUT2D eigenvalue weighted by atomic mass is 10.2. The van der Waals surface area contributed by atoms with Gasteiger partial charge in [0.15, 0.2) is 11.5 Å². The maximum Gasteiger partial charge on any atom is 0.416 e. The van der Waals surface area contributed by atoms with Gasteiger partial charge in [0.2, 0.25) is 0 Å². The minimum Gasteiger partial charge on any atom is -0.265 e. The molecule has 0 saturated heterocycles. The molecule has 0 spiro atoms. The summed E-state index contributed by atoms with van der Waals surface area (Å²) in [7, 11) is 0. The van der Waals surface area contributed by atoms with Crippen molar-refractivity contribution < 1.29 is 13.2 Å². The first-order valence-corrected chi connectivity index (χ1v) is 8.30. The molecule has 5 nitrogen and oxygen atoms in total. The Bertz CT molecular complexity index is 1060. The van der Waals surface area contributed by atoms with Crippen molar-refractivity contribution in [1.82, 2.24) is 24.8 Å². The van der Waals surface area contributed by atoms with Crippen LogP contribution in [-0.2, 0) is 6.18 Å². The van der Waals surface area contributed by atoms with Gasteiger partial charge < -0.3 is 0 Å². The Balaban J connectivity index is 1.70. The molecule has 4 rings (SSSR count). The van der Waals surface area contributed by atoms with Gasteiger partial charge in [-0.3, -0.25) is 4.98 Å². The van der Waals surface area contributed by atoms with Crippen LogP contribution in [0.25, 0.3) is 17.0 Å². The number of rotatable bonds is 3. The third kappa shape index (κ3) is 3.25. The normalized spacial score (nSPS) is 11.8. The molecule has 0 aliphatic heterocycles. The van der Waals surface area contributed by atoms with Crippen LogP contribution in [0.1, 0.15) is 5.56 Å². The van der Waals surface area contributed by atoms with Crippen LogP contribution in [0.4, 0.5) is 13.2 Å². The van der Waals surface area contributed by atoms with E-state index in [0.29, 0.717) is 21.4 Å². The van der Waals surface area contributed by atoms with E-state index in [1.54, 1.807) is 47.2 Å². The molecule has 0 bridgehead atoms. The Morgan fingerprint density at radius 1 is 0.923 bits per heavy atom. The van der Waals surface area contributed by atoms with Gasteiger partial charge in [-0.1, -0.05) is 17.8 Å². The lowest BCUT2D eigenvalue weighted by Gasteiger charge is -2.08. The first kappa shape index (κ1) is 16.5. The number of pyridine rings is 1. The highest BCUT2D eigenvalue weighted by atomic mass is 32.2. The van der Waals surface area contributed by atoms with E-state index in [9.17, 15) is 13.2 Å². The van der Waals surface area contributed by atoms with E-state index < -0.39 is 11.7 Å². The maximum absolute atomic E-state index is 12.9. The summed E-state index contributed by atoms with van der Waals surface area (Å²) < 4.78 is 40.2. The maximum atomic E-state index is 12.9. The first-order chi connectivity index (χ1) is 12.5. The summed E-state index contributed by atoms with van der Waals surface area (Å²) in [5.74, 6) is 0.536. The molecule has 130 valence electrons. The average Bonchev–Trinajstić information content (AvgIpc) is 3.05. The van der Waals surface area contributed by atoms with Crippen molar-refractivity contribution in [3.05, 3.63) is 66.5 Å². The van der Waals surface area contributed by atoms with Gasteiger partial charge in [-0.15, -0.1) is 10.2 Å². The Kier molecular flexibility index (Phi) is 4.08. The van der Waals surface area contributed by atoms with Crippen LogP contribution in [0.15, 0.2) is 70.8 Å². The molecule has 26 heavy (non-hydrogen) atoms. The molecule has 3 heterocycles. The fraction of sp³-hybridized carbons (Fsp3) is 0.0588. The second-order valence-corrected chi connectivity index (χ2v) is 6.42. The van der Waals surface area contributed by atoms with E-state index in [4.69, 9.17) is 0 Å². The highest BCUT2D eigenvalue weighted by Crippen LogP contribution is 2.34. The molecule has 0 unspecified atom stereocenters. The van der Waals surface area contributed by atoms with Gasteiger partial charge >= 0.3 is 6.18 Å². The topological polar surface area (TPSA) is 56.0 Å². The Morgan fingerprint density at radius 3 is 2.50 bits per heavy atom. The Morgan fingerprint density at radius 2 is 1.73 bits per heavy atom. The van der Waals surface area contributed by atoms with Crippen molar-refractivity contribution in [2.45, 2.75) is 16.1 Å². The lowest BCUT2D eigenvalue weighted by Crippen LogP contribution is -2.04. The van der Waals surface area contributed by atoms with Gasteiger partial charge in [0.25, 0.3) is 0 Å². The van der Waals surface area contributed by atoms with Crippen molar-refractivity contribution in [1.29, 1.82) is 0 Å². The quantitative estimate of drug-likeness (QED) is 0.534. The average molecular weight is 373 g/mol. The van der Waals surface area contributed by atoms with Crippen LogP contribution in [0, 0.1) is 0 Å². The predicted octanol–water partition coefficient (Wildman–Crippen LogP) is 4.36. The molecule has 4 aromatic rings. The zero-order valence-corrected chi connectivity index (χ0v) is 13.9. The van der Waals surface area contributed by atoms with Crippen molar-refractivity contribution in [2.75, 3.05) is 0 Å². The van der Waals surface area contributed by atoms with Crippen LogP contribution in [0.2, 0.25) is 0 Å². The van der Waals surface area contributed by atoms with Gasteiger partial charge in [0.05, 0.1) is 5.56 Å². The molecular weight excluding hydrogens is 363 g/mol. The number of aromatic nitrogens is 5. The van der Waals surface area contributed by atoms with Gasteiger partial charge in [-0.25, -0.2) is 0 Å². The summed E-state index contributed by atoms with van der Waals surface area (Å²) in [6, 6.07) is 12.1. The largest absolute Gasteiger partial charge is 0.416 e.